The summed E-state index contributed by atoms with van der Waals surface area (Å²) in [6.45, 7) is 3.85. The molecule has 4 aromatic rings. The molecular formula is C28H34N6O2. The first kappa shape index (κ1) is 24.2. The van der Waals surface area contributed by atoms with Gasteiger partial charge in [0, 0.05) is 24.2 Å². The number of methoxy groups -OCH3 is 1. The molecule has 8 heteroatoms. The number of pyridine rings is 1. The van der Waals surface area contributed by atoms with Crippen molar-refractivity contribution in [2.45, 2.75) is 71.1 Å². The lowest BCUT2D eigenvalue weighted by Gasteiger charge is -2.25. The lowest BCUT2D eigenvalue weighted by molar-refractivity contribution is 0.225. The molecule has 0 saturated heterocycles. The number of H-pyrrole nitrogens is 1. The highest BCUT2D eigenvalue weighted by Crippen LogP contribution is 2.28. The summed E-state index contributed by atoms with van der Waals surface area (Å²) in [5.41, 5.74) is 3.93. The molecule has 0 unspecified atom stereocenters. The Balaban J connectivity index is 1.45. The number of fused-ring (bicyclic) bond motifs is 1. The standard InChI is InChI=1S/C28H34N6O2/c1-3-20-11-14-26-22(15-20)16-23(28(35)29-26)18-33(17-21-9-12-25(36-2)13-10-21)19-27-30-31-32-34(27)24-7-5-4-6-8-24/h9-16,24H,3-8,17-19H2,1-2H3,(H,29,35). The number of ether oxygens (including phenoxy) is 1. The van der Waals surface area contributed by atoms with Crippen molar-refractivity contribution in [1.82, 2.24) is 30.1 Å². The van der Waals surface area contributed by atoms with Crippen LogP contribution in [0.1, 0.15) is 67.6 Å². The lowest BCUT2D eigenvalue weighted by Crippen LogP contribution is -2.29. The van der Waals surface area contributed by atoms with E-state index >= 15 is 0 Å². The van der Waals surface area contributed by atoms with Gasteiger partial charge in [0.2, 0.25) is 0 Å². The Morgan fingerprint density at radius 3 is 2.53 bits per heavy atom. The minimum Gasteiger partial charge on any atom is -0.497 e. The van der Waals surface area contributed by atoms with Crippen LogP contribution in [0.3, 0.4) is 0 Å². The van der Waals surface area contributed by atoms with Gasteiger partial charge in [-0.1, -0.05) is 44.4 Å². The molecule has 1 saturated carbocycles. The maximum absolute atomic E-state index is 13.0. The molecular weight excluding hydrogens is 452 g/mol. The third kappa shape index (κ3) is 5.49. The minimum atomic E-state index is -0.0571. The van der Waals surface area contributed by atoms with Crippen LogP contribution in [-0.4, -0.2) is 37.2 Å². The molecule has 2 aromatic heterocycles. The number of benzene rings is 2. The van der Waals surface area contributed by atoms with E-state index in [0.29, 0.717) is 25.7 Å². The molecule has 1 N–H and O–H groups in total. The van der Waals surface area contributed by atoms with Crippen molar-refractivity contribution >= 4 is 10.9 Å². The van der Waals surface area contributed by atoms with Gasteiger partial charge in [-0.15, -0.1) is 5.10 Å². The predicted molar refractivity (Wildman–Crippen MR) is 140 cm³/mol. The van der Waals surface area contributed by atoms with Crippen LogP contribution in [0.15, 0.2) is 53.3 Å². The number of hydrogen-bond donors (Lipinski definition) is 1. The molecule has 0 spiro atoms. The van der Waals surface area contributed by atoms with Crippen molar-refractivity contribution in [3.05, 3.63) is 81.4 Å². The second kappa shape index (κ2) is 11.0. The fourth-order valence-corrected chi connectivity index (χ4v) is 5.16. The van der Waals surface area contributed by atoms with Gasteiger partial charge in [-0.3, -0.25) is 9.69 Å². The monoisotopic (exact) mass is 486 g/mol. The van der Waals surface area contributed by atoms with Crippen molar-refractivity contribution in [2.24, 2.45) is 0 Å². The average Bonchev–Trinajstić information content (AvgIpc) is 3.38. The Hall–Kier alpha value is -3.52. The molecule has 1 aliphatic carbocycles. The molecule has 1 aliphatic rings. The number of nitrogens with one attached hydrogen (secondary N) is 1. The fourth-order valence-electron chi connectivity index (χ4n) is 5.16. The average molecular weight is 487 g/mol. The molecule has 5 rings (SSSR count). The number of rotatable bonds is 9. The first-order valence-electron chi connectivity index (χ1n) is 12.9. The summed E-state index contributed by atoms with van der Waals surface area (Å²) >= 11 is 0. The highest BCUT2D eigenvalue weighted by Gasteiger charge is 2.22. The minimum absolute atomic E-state index is 0.0571. The first-order valence-corrected chi connectivity index (χ1v) is 12.9. The van der Waals surface area contributed by atoms with E-state index in [2.05, 4.69) is 56.6 Å². The smallest absolute Gasteiger partial charge is 0.252 e. The summed E-state index contributed by atoms with van der Waals surface area (Å²) in [6.07, 6.45) is 6.89. The largest absolute Gasteiger partial charge is 0.497 e. The van der Waals surface area contributed by atoms with E-state index in [-0.39, 0.29) is 5.56 Å². The van der Waals surface area contributed by atoms with Crippen molar-refractivity contribution in [3.8, 4) is 5.75 Å². The van der Waals surface area contributed by atoms with Gasteiger partial charge in [0.05, 0.1) is 19.7 Å². The molecule has 0 radical (unpaired) electrons. The van der Waals surface area contributed by atoms with Gasteiger partial charge in [-0.05, 0) is 76.5 Å². The van der Waals surface area contributed by atoms with E-state index in [1.165, 1.54) is 24.8 Å². The number of tetrazole rings is 1. The lowest BCUT2D eigenvalue weighted by atomic mass is 9.95. The SMILES string of the molecule is CCc1ccc2[nH]c(=O)c(CN(Cc3ccc(OC)cc3)Cc3nnnn3C3CCCCC3)cc2c1. The van der Waals surface area contributed by atoms with Gasteiger partial charge in [-0.25, -0.2) is 4.68 Å². The second-order valence-electron chi connectivity index (χ2n) is 9.72. The Kier molecular flexibility index (Phi) is 7.41. The second-order valence-corrected chi connectivity index (χ2v) is 9.72. The predicted octanol–water partition coefficient (Wildman–Crippen LogP) is 4.79. The van der Waals surface area contributed by atoms with Gasteiger partial charge >= 0.3 is 0 Å². The van der Waals surface area contributed by atoms with E-state index in [1.54, 1.807) is 7.11 Å². The van der Waals surface area contributed by atoms with Crippen LogP contribution >= 0.6 is 0 Å². The van der Waals surface area contributed by atoms with Gasteiger partial charge in [-0.2, -0.15) is 0 Å². The van der Waals surface area contributed by atoms with E-state index in [0.717, 1.165) is 52.9 Å². The van der Waals surface area contributed by atoms with Crippen LogP contribution < -0.4 is 10.3 Å². The number of nitrogens with zero attached hydrogens (tertiary/aromatic N) is 5. The van der Waals surface area contributed by atoms with Crippen LogP contribution in [-0.2, 0) is 26.1 Å². The number of aryl methyl sites for hydroxylation is 1. The summed E-state index contributed by atoms with van der Waals surface area (Å²) in [5.74, 6) is 1.67. The zero-order valence-corrected chi connectivity index (χ0v) is 21.1. The molecule has 188 valence electrons. The molecule has 2 heterocycles. The molecule has 0 aliphatic heterocycles. The molecule has 1 fully saturated rings. The Labute approximate surface area is 211 Å². The third-order valence-corrected chi connectivity index (χ3v) is 7.20. The van der Waals surface area contributed by atoms with E-state index in [9.17, 15) is 4.79 Å². The van der Waals surface area contributed by atoms with Gasteiger partial charge < -0.3 is 9.72 Å². The maximum atomic E-state index is 13.0. The summed E-state index contributed by atoms with van der Waals surface area (Å²) in [4.78, 5) is 18.3. The van der Waals surface area contributed by atoms with Crippen molar-refractivity contribution in [1.29, 1.82) is 0 Å². The Bertz CT molecular complexity index is 1350. The van der Waals surface area contributed by atoms with E-state index in [1.807, 2.05) is 28.9 Å². The zero-order valence-electron chi connectivity index (χ0n) is 21.1. The Morgan fingerprint density at radius 1 is 1.00 bits per heavy atom. The van der Waals surface area contributed by atoms with Crippen molar-refractivity contribution in [3.63, 3.8) is 0 Å². The third-order valence-electron chi connectivity index (χ3n) is 7.20. The van der Waals surface area contributed by atoms with E-state index in [4.69, 9.17) is 4.74 Å². The molecule has 0 bridgehead atoms. The zero-order chi connectivity index (χ0) is 24.9. The van der Waals surface area contributed by atoms with Crippen molar-refractivity contribution in [2.75, 3.05) is 7.11 Å². The first-order chi connectivity index (χ1) is 17.6. The molecule has 36 heavy (non-hydrogen) atoms. The highest BCUT2D eigenvalue weighted by molar-refractivity contribution is 5.79. The normalized spacial score (nSPS) is 14.5. The topological polar surface area (TPSA) is 88.9 Å². The molecule has 0 atom stereocenters. The number of aromatic amines is 1. The van der Waals surface area contributed by atoms with Crippen molar-refractivity contribution < 1.29 is 4.74 Å². The van der Waals surface area contributed by atoms with Crippen LogP contribution in [0, 0.1) is 0 Å². The van der Waals surface area contributed by atoms with Crippen LogP contribution in [0.25, 0.3) is 10.9 Å². The van der Waals surface area contributed by atoms with E-state index < -0.39 is 0 Å². The number of aromatic nitrogens is 5. The van der Waals surface area contributed by atoms with Gasteiger partial charge in [0.15, 0.2) is 5.82 Å². The van der Waals surface area contributed by atoms with Crippen LogP contribution in [0.4, 0.5) is 0 Å². The Morgan fingerprint density at radius 2 is 1.78 bits per heavy atom. The maximum Gasteiger partial charge on any atom is 0.252 e. The number of hydrogen-bond acceptors (Lipinski definition) is 6. The summed E-state index contributed by atoms with van der Waals surface area (Å²) < 4.78 is 7.34. The van der Waals surface area contributed by atoms with Crippen LogP contribution in [0.5, 0.6) is 5.75 Å². The van der Waals surface area contributed by atoms with Gasteiger partial charge in [0.25, 0.3) is 5.56 Å². The quantitative estimate of drug-likeness (QED) is 0.366. The molecule has 0 amide bonds. The summed E-state index contributed by atoms with van der Waals surface area (Å²) in [7, 11) is 1.67. The summed E-state index contributed by atoms with van der Waals surface area (Å²) in [6, 6.07) is 16.7. The molecule has 8 nitrogen and oxygen atoms in total. The summed E-state index contributed by atoms with van der Waals surface area (Å²) in [5, 5.41) is 13.8. The molecule has 2 aromatic carbocycles. The van der Waals surface area contributed by atoms with Gasteiger partial charge in [0.1, 0.15) is 5.75 Å². The van der Waals surface area contributed by atoms with Crippen LogP contribution in [0.2, 0.25) is 0 Å². The fraction of sp³-hybridized carbons (Fsp3) is 0.429. The highest BCUT2D eigenvalue weighted by atomic mass is 16.5.